The predicted molar refractivity (Wildman–Crippen MR) is 181 cm³/mol. The van der Waals surface area contributed by atoms with Crippen molar-refractivity contribution >= 4 is 46.4 Å². The predicted octanol–water partition coefficient (Wildman–Crippen LogP) is 10.4. The first-order chi connectivity index (χ1) is 18.5. The summed E-state index contributed by atoms with van der Waals surface area (Å²) in [4.78, 5) is 0. The van der Waals surface area contributed by atoms with E-state index in [1.165, 1.54) is 32.6 Å². The van der Waals surface area contributed by atoms with Crippen LogP contribution in [0.5, 0.6) is 0 Å². The molecule has 0 saturated heterocycles. The van der Waals surface area contributed by atoms with Crippen LogP contribution in [0.15, 0.2) is 91.0 Å². The number of hydrogen-bond acceptors (Lipinski definition) is 0. The van der Waals surface area contributed by atoms with Gasteiger partial charge in [0.25, 0.3) is 0 Å². The Bertz CT molecular complexity index is 1300. The Morgan fingerprint density at radius 2 is 0.800 bits per heavy atom. The second-order valence-electron chi connectivity index (χ2n) is 14.1. The van der Waals surface area contributed by atoms with E-state index in [0.29, 0.717) is 5.02 Å². The molecule has 0 heterocycles. The van der Waals surface area contributed by atoms with Gasteiger partial charge in [-0.05, 0) is 81.5 Å². The van der Waals surface area contributed by atoms with E-state index in [2.05, 4.69) is 141 Å². The van der Waals surface area contributed by atoms with Crippen molar-refractivity contribution in [3.8, 4) is 0 Å². The van der Waals surface area contributed by atoms with E-state index in [9.17, 15) is 0 Å². The van der Waals surface area contributed by atoms with Gasteiger partial charge in [0.1, 0.15) is 23.2 Å². The van der Waals surface area contributed by atoms with Crippen LogP contribution in [0, 0.1) is 0 Å². The fourth-order valence-electron chi connectivity index (χ4n) is 5.27. The van der Waals surface area contributed by atoms with Crippen molar-refractivity contribution in [1.82, 2.24) is 0 Å². The molecule has 0 radical (unpaired) electrons. The molecule has 0 amide bonds. The minimum Gasteiger partial charge on any atom is -0.0843 e. The van der Waals surface area contributed by atoms with Gasteiger partial charge in [0.05, 0.1) is 6.16 Å². The van der Waals surface area contributed by atoms with Gasteiger partial charge < -0.3 is 0 Å². The zero-order valence-corrected chi connectivity index (χ0v) is 28.0. The average molecular weight is 591 g/mol. The molecule has 0 aliphatic carbocycles. The maximum Gasteiger partial charge on any atom is 0.116 e. The lowest BCUT2D eigenvalue weighted by Crippen LogP contribution is -2.33. The van der Waals surface area contributed by atoms with Gasteiger partial charge in [-0.25, -0.2) is 0 Å². The lowest BCUT2D eigenvalue weighted by Gasteiger charge is -2.30. The monoisotopic (exact) mass is 589 g/mol. The van der Waals surface area contributed by atoms with E-state index >= 15 is 0 Å². The van der Waals surface area contributed by atoms with Gasteiger partial charge in [0.15, 0.2) is 0 Å². The Morgan fingerprint density at radius 3 is 1.07 bits per heavy atom. The molecule has 0 atom stereocenters. The maximum absolute atomic E-state index is 6.89. The third-order valence-electron chi connectivity index (χ3n) is 7.94. The fraction of sp³-hybridized carbons (Fsp3) is 0.351. The molecule has 4 rings (SSSR count). The largest absolute Gasteiger partial charge is 0.116 e. The molecule has 0 bridgehead atoms. The summed E-state index contributed by atoms with van der Waals surface area (Å²) >= 11 is 13.2. The van der Waals surface area contributed by atoms with E-state index in [-0.39, 0.29) is 16.2 Å². The highest BCUT2D eigenvalue weighted by Crippen LogP contribution is 2.59. The minimum absolute atomic E-state index is 0.0852. The van der Waals surface area contributed by atoms with Crippen LogP contribution in [0.2, 0.25) is 10.0 Å². The maximum atomic E-state index is 6.89. The molecule has 210 valence electrons. The second kappa shape index (κ2) is 11.3. The third-order valence-corrected chi connectivity index (χ3v) is 12.9. The normalized spacial score (nSPS) is 13.0. The Kier molecular flexibility index (Phi) is 8.70. The Hall–Kier alpha value is -2.11. The van der Waals surface area contributed by atoms with E-state index in [0.717, 1.165) is 16.7 Å². The van der Waals surface area contributed by atoms with Gasteiger partial charge in [0.2, 0.25) is 0 Å². The van der Waals surface area contributed by atoms with Crippen LogP contribution in [0.1, 0.15) is 84.6 Å². The SMILES string of the molecule is CC(C)(C)c1ccc([P+](Cc2ccc(Cl)cc2Cl)(c2ccc(C(C)(C)C)cc2)c2ccc(C(C)(C)C)cc2)cc1. The number of halogens is 2. The third kappa shape index (κ3) is 6.51. The van der Waals surface area contributed by atoms with Crippen LogP contribution in [-0.4, -0.2) is 0 Å². The first-order valence-electron chi connectivity index (χ1n) is 14.2. The molecule has 0 nitrogen and oxygen atoms in total. The lowest BCUT2D eigenvalue weighted by molar-refractivity contribution is 0.590. The van der Waals surface area contributed by atoms with Crippen LogP contribution in [-0.2, 0) is 22.4 Å². The molecule has 0 aliphatic heterocycles. The van der Waals surface area contributed by atoms with Crippen molar-refractivity contribution < 1.29 is 0 Å². The summed E-state index contributed by atoms with van der Waals surface area (Å²) in [7, 11) is -2.16. The Balaban J connectivity index is 2.04. The van der Waals surface area contributed by atoms with Gasteiger partial charge in [-0.3, -0.25) is 0 Å². The molecule has 40 heavy (non-hydrogen) atoms. The number of hydrogen-bond donors (Lipinski definition) is 0. The molecule has 0 fully saturated rings. The highest BCUT2D eigenvalue weighted by atomic mass is 35.5. The first kappa shape index (κ1) is 30.8. The van der Waals surface area contributed by atoms with E-state index in [1.54, 1.807) is 0 Å². The van der Waals surface area contributed by atoms with Gasteiger partial charge in [-0.2, -0.15) is 0 Å². The first-order valence-corrected chi connectivity index (χ1v) is 16.9. The summed E-state index contributed by atoms with van der Waals surface area (Å²) in [6.07, 6.45) is 0.821. The molecule has 0 spiro atoms. The molecule has 3 heteroatoms. The Labute approximate surface area is 253 Å². The van der Waals surface area contributed by atoms with E-state index in [4.69, 9.17) is 23.2 Å². The number of benzene rings is 4. The highest BCUT2D eigenvalue weighted by Gasteiger charge is 2.46. The van der Waals surface area contributed by atoms with Crippen molar-refractivity contribution in [3.63, 3.8) is 0 Å². The van der Waals surface area contributed by atoms with Gasteiger partial charge >= 0.3 is 0 Å². The van der Waals surface area contributed by atoms with Crippen molar-refractivity contribution in [2.75, 3.05) is 0 Å². The fourth-order valence-corrected chi connectivity index (χ4v) is 10.0. The second-order valence-corrected chi connectivity index (χ2v) is 18.4. The van der Waals surface area contributed by atoms with Crippen LogP contribution >= 0.6 is 30.5 Å². The molecular formula is C37H44Cl2P+. The summed E-state index contributed by atoms with van der Waals surface area (Å²) in [6.45, 7) is 20.4. The summed E-state index contributed by atoms with van der Waals surface area (Å²) in [5.41, 5.74) is 5.39. The topological polar surface area (TPSA) is 0 Å². The molecule has 0 N–H and O–H groups in total. The van der Waals surface area contributed by atoms with Crippen molar-refractivity contribution in [2.45, 2.75) is 84.7 Å². The highest BCUT2D eigenvalue weighted by molar-refractivity contribution is 7.95. The molecule has 0 saturated carbocycles. The van der Waals surface area contributed by atoms with Crippen molar-refractivity contribution in [1.29, 1.82) is 0 Å². The van der Waals surface area contributed by atoms with Gasteiger partial charge in [-0.1, -0.05) is 128 Å². The van der Waals surface area contributed by atoms with Crippen molar-refractivity contribution in [2.24, 2.45) is 0 Å². The lowest BCUT2D eigenvalue weighted by atomic mass is 9.87. The van der Waals surface area contributed by atoms with Crippen LogP contribution in [0.25, 0.3) is 0 Å². The van der Waals surface area contributed by atoms with E-state index in [1.807, 2.05) is 12.1 Å². The standard InChI is InChI=1S/C37H44Cl2P/c1-35(2,3)27-11-18-31(19-12-27)40(25-26-10-17-30(38)24-34(26)39,32-20-13-28(14-21-32)36(4,5)6)33-22-15-29(16-23-33)37(7,8)9/h10-24H,25H2,1-9H3/q+1. The van der Waals surface area contributed by atoms with Crippen molar-refractivity contribution in [3.05, 3.63) is 123 Å². The molecule has 4 aromatic carbocycles. The molecule has 0 aliphatic rings. The molecule has 0 aromatic heterocycles. The van der Waals surface area contributed by atoms with E-state index < -0.39 is 7.26 Å². The average Bonchev–Trinajstić information content (AvgIpc) is 2.87. The summed E-state index contributed by atoms with van der Waals surface area (Å²) in [5.74, 6) is 0. The summed E-state index contributed by atoms with van der Waals surface area (Å²) < 4.78 is 0. The molecular weight excluding hydrogens is 546 g/mol. The zero-order chi connectivity index (χ0) is 29.5. The molecule has 0 unspecified atom stereocenters. The van der Waals surface area contributed by atoms with Crippen LogP contribution in [0.3, 0.4) is 0 Å². The smallest absolute Gasteiger partial charge is 0.0843 e. The number of rotatable bonds is 5. The van der Waals surface area contributed by atoms with Gasteiger partial charge in [0, 0.05) is 15.6 Å². The van der Waals surface area contributed by atoms with Crippen LogP contribution in [0.4, 0.5) is 0 Å². The zero-order valence-electron chi connectivity index (χ0n) is 25.6. The van der Waals surface area contributed by atoms with Gasteiger partial charge in [-0.15, -0.1) is 0 Å². The summed E-state index contributed by atoms with van der Waals surface area (Å²) in [6, 6.07) is 34.1. The molecule has 4 aromatic rings. The van der Waals surface area contributed by atoms with Crippen LogP contribution < -0.4 is 15.9 Å². The summed E-state index contributed by atoms with van der Waals surface area (Å²) in [5, 5.41) is 5.47. The quantitative estimate of drug-likeness (QED) is 0.203. The Morgan fingerprint density at radius 1 is 0.475 bits per heavy atom. The minimum atomic E-state index is -2.16.